The van der Waals surface area contributed by atoms with E-state index in [1.165, 1.54) is 225 Å². The first-order valence-corrected chi connectivity index (χ1v) is 52.8. The zero-order chi connectivity index (χ0) is 89.3. The first kappa shape index (κ1) is 118. The molecule has 0 bridgehead atoms. The molecule has 18 heteroatoms. The van der Waals surface area contributed by atoms with Crippen molar-refractivity contribution in [3.63, 3.8) is 0 Å². The van der Waals surface area contributed by atoms with E-state index in [0.29, 0.717) is 19.3 Å². The van der Waals surface area contributed by atoms with E-state index in [9.17, 15) is 43.5 Å². The van der Waals surface area contributed by atoms with Crippen molar-refractivity contribution in [1.29, 1.82) is 0 Å². The zero-order valence-corrected chi connectivity index (χ0v) is 80.1. The van der Waals surface area contributed by atoms with E-state index in [4.69, 9.17) is 32.3 Å². The number of carbonyl (C=O) groups is 3. The summed E-state index contributed by atoms with van der Waals surface area (Å²) in [6, 6.07) is 0. The van der Waals surface area contributed by atoms with Gasteiger partial charge in [0.15, 0.2) is 6.10 Å². The van der Waals surface area contributed by atoms with Gasteiger partial charge in [-0.3, -0.25) is 32.5 Å². The molecule has 0 aromatic heterocycles. The fourth-order valence-corrected chi connectivity index (χ4v) is 15.3. The molecule has 5 atom stereocenters. The molecule has 5 unspecified atom stereocenters. The molecule has 16 nitrogen and oxygen atoms in total. The van der Waals surface area contributed by atoms with Gasteiger partial charge in [0.1, 0.15) is 25.4 Å². The summed E-state index contributed by atoms with van der Waals surface area (Å²) in [6.07, 6.45) is 124. The van der Waals surface area contributed by atoms with E-state index < -0.39 is 91.5 Å². The maximum Gasteiger partial charge on any atom is 0.472 e. The average molecular weight is 1760 g/mol. The Morgan fingerprint density at radius 2 is 0.431 bits per heavy atom. The smallest absolute Gasteiger partial charge is 0.463 e. The summed E-state index contributed by atoms with van der Waals surface area (Å²) in [5.74, 6) is -1.58. The lowest BCUT2D eigenvalue weighted by atomic mass is 10.0. The third-order valence-corrected chi connectivity index (χ3v) is 23.1. The van der Waals surface area contributed by atoms with Gasteiger partial charge in [0.05, 0.1) is 26.4 Å². The molecule has 0 spiro atoms. The summed E-state index contributed by atoms with van der Waals surface area (Å²) in [7, 11) is -9.82. The summed E-state index contributed by atoms with van der Waals surface area (Å²) in [5, 5.41) is 20.8. The van der Waals surface area contributed by atoms with Gasteiger partial charge in [0, 0.05) is 19.3 Å². The van der Waals surface area contributed by atoms with E-state index >= 15 is 0 Å². The predicted octanol–water partition coefficient (Wildman–Crippen LogP) is 31.2. The molecule has 0 aliphatic carbocycles. The molecule has 123 heavy (non-hydrogen) atoms. The van der Waals surface area contributed by atoms with Gasteiger partial charge in [0.2, 0.25) is 0 Å². The maximum atomic E-state index is 13.1. The van der Waals surface area contributed by atoms with Crippen LogP contribution in [0.5, 0.6) is 0 Å². The number of aliphatic hydroxyl groups is 2. The topological polar surface area (TPSA) is 231 Å². The van der Waals surface area contributed by atoms with Gasteiger partial charge in [-0.2, -0.15) is 0 Å². The van der Waals surface area contributed by atoms with E-state index in [0.717, 1.165) is 148 Å². The summed E-state index contributed by atoms with van der Waals surface area (Å²) in [6.45, 7) is 2.56. The number of hydrogen-bond donors (Lipinski definition) is 4. The van der Waals surface area contributed by atoms with E-state index in [-0.39, 0.29) is 19.3 Å². The standard InChI is InChI=1S/C105H182O16P2/c1-4-7-10-13-16-19-22-25-28-31-34-37-39-41-43-45-47-49-51-53-55-57-59-62-64-67-70-73-76-79-82-85-88-91-103(108)115-94-100(106)95-117-122(111,112)118-96-101(107)97-119-123(113,114)120-99-102(121-105(110)93-90-87-84-81-78-75-72-69-66-61-36-33-30-27-24-21-18-15-12-9-6-3)98-116-104(109)92-89-86-83-80-77-74-71-68-65-63-60-58-56-54-52-50-48-46-44-42-40-38-35-32-29-26-23-20-17-14-11-8-5-2/h7,10,16-21,25-30,34-38,41-44,61,69,72,100-102,106-107H,4-6,8-9,11-15,22-24,31-33,39-40,45-60,62-68,70-71,73-99H2,1-3H3,(H,111,112)(H,113,114)/b10-7-,19-16-,20-17-,21-18-,28-25-,29-26-,30-27-,37-34-,38-35-,43-41-,44-42-,61-36-,72-69-. The summed E-state index contributed by atoms with van der Waals surface area (Å²) in [4.78, 5) is 59.1. The van der Waals surface area contributed by atoms with Crippen molar-refractivity contribution in [3.8, 4) is 0 Å². The second-order valence-corrected chi connectivity index (χ2v) is 36.1. The number of carbonyl (C=O) groups excluding carboxylic acids is 3. The molecule has 0 saturated heterocycles. The van der Waals surface area contributed by atoms with Crippen LogP contribution in [0.15, 0.2) is 158 Å². The van der Waals surface area contributed by atoms with Crippen LogP contribution in [0, 0.1) is 0 Å². The highest BCUT2D eigenvalue weighted by molar-refractivity contribution is 7.47. The largest absolute Gasteiger partial charge is 0.472 e. The lowest BCUT2D eigenvalue weighted by molar-refractivity contribution is -0.161. The van der Waals surface area contributed by atoms with E-state index in [1.54, 1.807) is 0 Å². The van der Waals surface area contributed by atoms with Crippen molar-refractivity contribution in [3.05, 3.63) is 158 Å². The van der Waals surface area contributed by atoms with Crippen molar-refractivity contribution < 1.29 is 75.8 Å². The summed E-state index contributed by atoms with van der Waals surface area (Å²) < 4.78 is 61.6. The van der Waals surface area contributed by atoms with Gasteiger partial charge in [-0.05, 0) is 154 Å². The van der Waals surface area contributed by atoms with Crippen molar-refractivity contribution in [2.24, 2.45) is 0 Å². The number of rotatable bonds is 94. The van der Waals surface area contributed by atoms with Gasteiger partial charge in [-0.15, -0.1) is 0 Å². The van der Waals surface area contributed by atoms with E-state index in [2.05, 4.69) is 179 Å². The van der Waals surface area contributed by atoms with Gasteiger partial charge < -0.3 is 34.2 Å². The minimum atomic E-state index is -4.95. The highest BCUT2D eigenvalue weighted by atomic mass is 31.2. The van der Waals surface area contributed by atoms with Crippen molar-refractivity contribution in [1.82, 2.24) is 0 Å². The number of ether oxygens (including phenoxy) is 3. The highest BCUT2D eigenvalue weighted by Gasteiger charge is 2.30. The molecule has 708 valence electrons. The summed E-state index contributed by atoms with van der Waals surface area (Å²) >= 11 is 0. The Balaban J connectivity index is 4.54. The molecule has 0 radical (unpaired) electrons. The quantitative estimate of drug-likeness (QED) is 0.0146. The number of esters is 3. The first-order valence-electron chi connectivity index (χ1n) is 49.8. The Morgan fingerprint density at radius 3 is 0.683 bits per heavy atom. The Bertz CT molecular complexity index is 2870. The average Bonchev–Trinajstić information content (AvgIpc) is 0.900. The molecule has 0 aromatic rings. The number of hydrogen-bond acceptors (Lipinski definition) is 14. The molecular formula is C105H182O16P2. The monoisotopic (exact) mass is 1760 g/mol. The maximum absolute atomic E-state index is 13.1. The molecule has 0 rings (SSSR count). The Labute approximate surface area is 752 Å². The number of phosphoric ester groups is 2. The molecule has 4 N–H and O–H groups in total. The molecular weight excluding hydrogens is 1580 g/mol. The lowest BCUT2D eigenvalue weighted by Crippen LogP contribution is -2.30. The van der Waals surface area contributed by atoms with Crippen LogP contribution in [0.4, 0.5) is 0 Å². The van der Waals surface area contributed by atoms with Crippen LogP contribution in [0.25, 0.3) is 0 Å². The Hall–Kier alpha value is -4.83. The van der Waals surface area contributed by atoms with E-state index in [1.807, 2.05) is 0 Å². The van der Waals surface area contributed by atoms with Crippen LogP contribution in [0.1, 0.15) is 432 Å². The number of phosphoric acid groups is 2. The second kappa shape index (κ2) is 96.3. The predicted molar refractivity (Wildman–Crippen MR) is 519 cm³/mol. The molecule has 0 heterocycles. The molecule has 0 aliphatic heterocycles. The van der Waals surface area contributed by atoms with Gasteiger partial charge in [-0.1, -0.05) is 416 Å². The second-order valence-electron chi connectivity index (χ2n) is 33.2. The Kier molecular flexibility index (Phi) is 92.5. The zero-order valence-electron chi connectivity index (χ0n) is 78.3. The highest BCUT2D eigenvalue weighted by Crippen LogP contribution is 2.45. The van der Waals surface area contributed by atoms with Gasteiger partial charge >= 0.3 is 33.6 Å². The fourth-order valence-electron chi connectivity index (χ4n) is 13.7. The van der Waals surface area contributed by atoms with Crippen LogP contribution in [0.2, 0.25) is 0 Å². The minimum Gasteiger partial charge on any atom is -0.463 e. The SMILES string of the molecule is CC/C=C\C/C=C\C/C=C\C/C=C\C/C=C\CCCCCCCCCCCCCCCCCCCC(=O)OCC(O)COP(=O)(O)OCC(O)COP(=O)(O)OCC(COC(=O)CCCCCCCCCCCCCCCCCCC/C=C\C/C=C\C/C=C\C/C=C\CCCCC)OC(=O)CCCCCCC/C=C\C/C=C\C/C=C\C/C=C\CCCCC. The normalized spacial score (nSPS) is 14.4. The van der Waals surface area contributed by atoms with Crippen LogP contribution >= 0.6 is 15.6 Å². The fraction of sp³-hybridized carbons (Fsp3) is 0.724. The minimum absolute atomic E-state index is 0.0822. The third-order valence-electron chi connectivity index (χ3n) is 21.2. The van der Waals surface area contributed by atoms with Crippen molar-refractivity contribution in [2.45, 2.75) is 450 Å². The van der Waals surface area contributed by atoms with Gasteiger partial charge in [-0.25, -0.2) is 9.13 Å². The van der Waals surface area contributed by atoms with Crippen molar-refractivity contribution >= 4 is 33.6 Å². The van der Waals surface area contributed by atoms with Crippen LogP contribution in [-0.2, 0) is 55.8 Å². The van der Waals surface area contributed by atoms with Crippen molar-refractivity contribution in [2.75, 3.05) is 39.6 Å². The summed E-state index contributed by atoms with van der Waals surface area (Å²) in [5.41, 5.74) is 0. The van der Waals surface area contributed by atoms with Crippen LogP contribution < -0.4 is 0 Å². The molecule has 0 fully saturated rings. The lowest BCUT2D eigenvalue weighted by Gasteiger charge is -2.21. The number of aliphatic hydroxyl groups excluding tert-OH is 2. The Morgan fingerprint density at radius 1 is 0.236 bits per heavy atom. The molecule has 0 saturated carbocycles. The third kappa shape index (κ3) is 97.6. The molecule has 0 amide bonds. The van der Waals surface area contributed by atoms with Crippen LogP contribution in [0.3, 0.4) is 0 Å². The molecule has 0 aliphatic rings. The molecule has 0 aromatic carbocycles. The number of allylic oxidation sites excluding steroid dienone is 26. The van der Waals surface area contributed by atoms with Crippen LogP contribution in [-0.4, -0.2) is 95.9 Å². The number of unbranched alkanes of at least 4 members (excludes halogenated alkanes) is 45. The first-order chi connectivity index (χ1) is 60.2. The van der Waals surface area contributed by atoms with Gasteiger partial charge in [0.25, 0.3) is 0 Å².